The lowest BCUT2D eigenvalue weighted by molar-refractivity contribution is 0.596. The summed E-state index contributed by atoms with van der Waals surface area (Å²) < 4.78 is 0. The molecule has 1 atom stereocenters. The van der Waals surface area contributed by atoms with Crippen LogP contribution < -0.4 is 5.32 Å². The Morgan fingerprint density at radius 3 is 2.43 bits per heavy atom. The van der Waals surface area contributed by atoms with E-state index in [1.54, 1.807) is 0 Å². The Bertz CT molecular complexity index is 623. The molecule has 1 unspecified atom stereocenters. The second kappa shape index (κ2) is 7.31. The van der Waals surface area contributed by atoms with E-state index in [0.717, 1.165) is 18.5 Å². The van der Waals surface area contributed by atoms with Gasteiger partial charge in [0, 0.05) is 10.0 Å². The number of halogens is 2. The number of nitrogens with one attached hydrogen (secondary N) is 1. The summed E-state index contributed by atoms with van der Waals surface area (Å²) in [7, 11) is 0. The van der Waals surface area contributed by atoms with Crippen LogP contribution in [-0.4, -0.2) is 6.54 Å². The lowest BCUT2D eigenvalue weighted by atomic mass is 9.93. The first-order chi connectivity index (χ1) is 10.0. The molecule has 0 saturated heterocycles. The van der Waals surface area contributed by atoms with E-state index < -0.39 is 0 Å². The molecule has 1 nitrogen and oxygen atoms in total. The summed E-state index contributed by atoms with van der Waals surface area (Å²) in [6, 6.07) is 12.3. The van der Waals surface area contributed by atoms with Gasteiger partial charge in [0.15, 0.2) is 0 Å². The lowest BCUT2D eigenvalue weighted by Gasteiger charge is -2.23. The molecule has 2 rings (SSSR count). The van der Waals surface area contributed by atoms with Crippen LogP contribution in [0.5, 0.6) is 0 Å². The first-order valence-corrected chi connectivity index (χ1v) is 8.04. The van der Waals surface area contributed by atoms with Crippen LogP contribution in [0.25, 0.3) is 0 Å². The fraction of sp³-hybridized carbons (Fsp3) is 0.333. The topological polar surface area (TPSA) is 12.0 Å². The molecule has 0 radical (unpaired) electrons. The molecule has 112 valence electrons. The van der Waals surface area contributed by atoms with Gasteiger partial charge in [0.1, 0.15) is 0 Å². The number of hydrogen-bond donors (Lipinski definition) is 1. The summed E-state index contributed by atoms with van der Waals surface area (Å²) in [5, 5.41) is 4.97. The quantitative estimate of drug-likeness (QED) is 0.744. The van der Waals surface area contributed by atoms with Crippen molar-refractivity contribution in [3.63, 3.8) is 0 Å². The highest BCUT2D eigenvalue weighted by molar-refractivity contribution is 6.35. The standard InChI is InChI=1S/C18H21Cl2N/c1-4-9-21-18(15-8-7-14(19)11-17(15)20)16-10-12(2)5-6-13(16)3/h5-8,10-11,18,21H,4,9H2,1-3H3. The summed E-state index contributed by atoms with van der Waals surface area (Å²) in [6.07, 6.45) is 1.08. The molecule has 0 amide bonds. The van der Waals surface area contributed by atoms with E-state index in [0.29, 0.717) is 10.0 Å². The third-order valence-electron chi connectivity index (χ3n) is 3.62. The number of benzene rings is 2. The predicted molar refractivity (Wildman–Crippen MR) is 92.5 cm³/mol. The third kappa shape index (κ3) is 4.00. The third-order valence-corrected chi connectivity index (χ3v) is 4.18. The smallest absolute Gasteiger partial charge is 0.0594 e. The fourth-order valence-electron chi connectivity index (χ4n) is 2.48. The van der Waals surface area contributed by atoms with Crippen molar-refractivity contribution in [1.82, 2.24) is 5.32 Å². The van der Waals surface area contributed by atoms with Crippen molar-refractivity contribution >= 4 is 23.2 Å². The van der Waals surface area contributed by atoms with Crippen LogP contribution in [0.2, 0.25) is 10.0 Å². The molecule has 0 aliphatic rings. The van der Waals surface area contributed by atoms with E-state index in [4.69, 9.17) is 23.2 Å². The van der Waals surface area contributed by atoms with Gasteiger partial charge in [-0.3, -0.25) is 0 Å². The second-order valence-corrected chi connectivity index (χ2v) is 6.26. The minimum atomic E-state index is 0.0922. The van der Waals surface area contributed by atoms with Crippen LogP contribution in [0.15, 0.2) is 36.4 Å². The van der Waals surface area contributed by atoms with Gasteiger partial charge in [-0.1, -0.05) is 60.0 Å². The summed E-state index contributed by atoms with van der Waals surface area (Å²) >= 11 is 12.4. The highest BCUT2D eigenvalue weighted by Crippen LogP contribution is 2.32. The van der Waals surface area contributed by atoms with Gasteiger partial charge in [-0.25, -0.2) is 0 Å². The SMILES string of the molecule is CCCNC(c1cc(C)ccc1C)c1ccc(Cl)cc1Cl. The average Bonchev–Trinajstić information content (AvgIpc) is 2.44. The molecule has 0 fully saturated rings. The monoisotopic (exact) mass is 321 g/mol. The van der Waals surface area contributed by atoms with Crippen molar-refractivity contribution < 1.29 is 0 Å². The maximum Gasteiger partial charge on any atom is 0.0594 e. The number of hydrogen-bond acceptors (Lipinski definition) is 1. The largest absolute Gasteiger partial charge is 0.306 e. The van der Waals surface area contributed by atoms with Crippen molar-refractivity contribution in [2.24, 2.45) is 0 Å². The molecule has 0 aliphatic carbocycles. The zero-order valence-corrected chi connectivity index (χ0v) is 14.2. The predicted octanol–water partition coefficient (Wildman–Crippen LogP) is 5.70. The molecule has 1 N–H and O–H groups in total. The first kappa shape index (κ1) is 16.4. The second-order valence-electron chi connectivity index (χ2n) is 5.41. The minimum absolute atomic E-state index is 0.0922. The van der Waals surface area contributed by atoms with Crippen molar-refractivity contribution in [2.75, 3.05) is 6.54 Å². The van der Waals surface area contributed by atoms with Crippen LogP contribution in [0.4, 0.5) is 0 Å². The Morgan fingerprint density at radius 1 is 1.00 bits per heavy atom. The zero-order chi connectivity index (χ0) is 15.4. The van der Waals surface area contributed by atoms with Gasteiger partial charge in [-0.05, 0) is 55.6 Å². The Kier molecular flexibility index (Phi) is 5.69. The Morgan fingerprint density at radius 2 is 1.76 bits per heavy atom. The van der Waals surface area contributed by atoms with Gasteiger partial charge in [0.05, 0.1) is 6.04 Å². The molecular weight excluding hydrogens is 301 g/mol. The van der Waals surface area contributed by atoms with Crippen molar-refractivity contribution in [3.8, 4) is 0 Å². The van der Waals surface area contributed by atoms with Crippen molar-refractivity contribution in [2.45, 2.75) is 33.2 Å². The van der Waals surface area contributed by atoms with E-state index >= 15 is 0 Å². The summed E-state index contributed by atoms with van der Waals surface area (Å²) in [6.45, 7) is 7.36. The minimum Gasteiger partial charge on any atom is -0.306 e. The molecule has 0 aromatic heterocycles. The van der Waals surface area contributed by atoms with Gasteiger partial charge in [0.25, 0.3) is 0 Å². The van der Waals surface area contributed by atoms with Gasteiger partial charge in [0.2, 0.25) is 0 Å². The van der Waals surface area contributed by atoms with Crippen LogP contribution >= 0.6 is 23.2 Å². The van der Waals surface area contributed by atoms with Gasteiger partial charge in [-0.15, -0.1) is 0 Å². The normalized spacial score (nSPS) is 12.4. The zero-order valence-electron chi connectivity index (χ0n) is 12.7. The number of rotatable bonds is 5. The fourth-order valence-corrected chi connectivity index (χ4v) is 3.00. The highest BCUT2D eigenvalue weighted by Gasteiger charge is 2.18. The average molecular weight is 322 g/mol. The molecular formula is C18H21Cl2N. The van der Waals surface area contributed by atoms with Gasteiger partial charge >= 0.3 is 0 Å². The lowest BCUT2D eigenvalue weighted by Crippen LogP contribution is -2.24. The van der Waals surface area contributed by atoms with E-state index in [1.165, 1.54) is 16.7 Å². The molecule has 2 aromatic carbocycles. The van der Waals surface area contributed by atoms with E-state index in [9.17, 15) is 0 Å². The molecule has 21 heavy (non-hydrogen) atoms. The molecule has 0 heterocycles. The molecule has 0 aliphatic heterocycles. The molecule has 0 saturated carbocycles. The molecule has 2 aromatic rings. The maximum atomic E-state index is 6.42. The van der Waals surface area contributed by atoms with Crippen molar-refractivity contribution in [1.29, 1.82) is 0 Å². The molecule has 3 heteroatoms. The van der Waals surface area contributed by atoms with E-state index in [2.05, 4.69) is 44.3 Å². The number of aryl methyl sites for hydroxylation is 2. The Labute approximate surface area is 137 Å². The van der Waals surface area contributed by atoms with Gasteiger partial charge < -0.3 is 5.32 Å². The van der Waals surface area contributed by atoms with E-state index in [1.807, 2.05) is 18.2 Å². The Hall–Kier alpha value is -1.02. The summed E-state index contributed by atoms with van der Waals surface area (Å²) in [5.41, 5.74) is 4.86. The van der Waals surface area contributed by atoms with Gasteiger partial charge in [-0.2, -0.15) is 0 Å². The summed E-state index contributed by atoms with van der Waals surface area (Å²) in [5.74, 6) is 0. The van der Waals surface area contributed by atoms with Crippen molar-refractivity contribution in [3.05, 3.63) is 68.7 Å². The van der Waals surface area contributed by atoms with Crippen LogP contribution in [0.3, 0.4) is 0 Å². The molecule has 0 bridgehead atoms. The van der Waals surface area contributed by atoms with E-state index in [-0.39, 0.29) is 6.04 Å². The first-order valence-electron chi connectivity index (χ1n) is 7.28. The summed E-state index contributed by atoms with van der Waals surface area (Å²) in [4.78, 5) is 0. The highest BCUT2D eigenvalue weighted by atomic mass is 35.5. The Balaban J connectivity index is 2.49. The maximum absolute atomic E-state index is 6.42. The van der Waals surface area contributed by atoms with Crippen LogP contribution in [0, 0.1) is 13.8 Å². The van der Waals surface area contributed by atoms with Crippen LogP contribution in [0.1, 0.15) is 41.6 Å². The van der Waals surface area contributed by atoms with Crippen LogP contribution in [-0.2, 0) is 0 Å². The molecule has 0 spiro atoms.